The number of halogens is 2. The largest absolute Gasteiger partial charge is 0.385 e. The number of H-pyrrole nitrogens is 1. The Morgan fingerprint density at radius 2 is 1.69 bits per heavy atom. The second-order valence-corrected chi connectivity index (χ2v) is 2.79. The van der Waals surface area contributed by atoms with Crippen LogP contribution < -0.4 is 8.58 Å². The number of aromatic amines is 1. The summed E-state index contributed by atoms with van der Waals surface area (Å²) in [7, 11) is 0. The highest BCUT2D eigenvalue weighted by atomic mass is 35.5. The Balaban J connectivity index is 2.74. The third kappa shape index (κ3) is 1.30. The summed E-state index contributed by atoms with van der Waals surface area (Å²) < 4.78 is 9.27. The molecule has 1 heterocycles. The van der Waals surface area contributed by atoms with Gasteiger partial charge in [0.05, 0.1) is 5.52 Å². The molecule has 0 saturated heterocycles. The Morgan fingerprint density at radius 3 is 2.38 bits per heavy atom. The van der Waals surface area contributed by atoms with Crippen molar-refractivity contribution in [2.45, 2.75) is 0 Å². The number of benzene rings is 1. The number of hydrogen-bond acceptors (Lipinski definition) is 2. The third-order valence-corrected chi connectivity index (χ3v) is 2.14. The Hall–Kier alpha value is -1.06. The van der Waals surface area contributed by atoms with Crippen LogP contribution in [0.25, 0.3) is 10.9 Å². The summed E-state index contributed by atoms with van der Waals surface area (Å²) in [6.07, 6.45) is 1.75. The van der Waals surface area contributed by atoms with Crippen LogP contribution in [0.2, 0.25) is 0 Å². The van der Waals surface area contributed by atoms with Crippen LogP contribution in [0.3, 0.4) is 0 Å². The van der Waals surface area contributed by atoms with Gasteiger partial charge in [0, 0.05) is 11.6 Å². The lowest BCUT2D eigenvalue weighted by Gasteiger charge is -2.01. The lowest BCUT2D eigenvalue weighted by Crippen LogP contribution is -1.81. The Morgan fingerprint density at radius 1 is 1.00 bits per heavy atom. The summed E-state index contributed by atoms with van der Waals surface area (Å²) in [4.78, 5) is 2.97. The highest BCUT2D eigenvalue weighted by Gasteiger charge is 2.08. The van der Waals surface area contributed by atoms with Crippen molar-refractivity contribution >= 4 is 34.6 Å². The van der Waals surface area contributed by atoms with Crippen molar-refractivity contribution in [3.63, 3.8) is 0 Å². The van der Waals surface area contributed by atoms with Crippen LogP contribution in [0.1, 0.15) is 0 Å². The molecule has 0 spiro atoms. The molecule has 0 unspecified atom stereocenters. The van der Waals surface area contributed by atoms with Crippen LogP contribution >= 0.6 is 23.7 Å². The second kappa shape index (κ2) is 3.36. The molecule has 0 aliphatic heterocycles. The fraction of sp³-hybridized carbons (Fsp3) is 0. The van der Waals surface area contributed by atoms with E-state index in [1.54, 1.807) is 18.3 Å². The van der Waals surface area contributed by atoms with Gasteiger partial charge in [0.15, 0.2) is 11.5 Å². The van der Waals surface area contributed by atoms with E-state index in [9.17, 15) is 0 Å². The maximum Gasteiger partial charge on any atom is 0.170 e. The van der Waals surface area contributed by atoms with E-state index >= 15 is 0 Å². The van der Waals surface area contributed by atoms with Crippen molar-refractivity contribution in [1.29, 1.82) is 0 Å². The monoisotopic (exact) mass is 217 g/mol. The Labute approximate surface area is 84.5 Å². The lowest BCUT2D eigenvalue weighted by molar-refractivity contribution is 0.612. The maximum absolute atomic E-state index is 5.27. The van der Waals surface area contributed by atoms with Crippen LogP contribution in [-0.4, -0.2) is 4.98 Å². The van der Waals surface area contributed by atoms with Gasteiger partial charge in [0.1, 0.15) is 23.7 Å². The van der Waals surface area contributed by atoms with E-state index in [0.29, 0.717) is 11.5 Å². The molecule has 68 valence electrons. The zero-order chi connectivity index (χ0) is 9.26. The first-order valence-electron chi connectivity index (χ1n) is 3.54. The van der Waals surface area contributed by atoms with E-state index in [2.05, 4.69) is 13.6 Å². The van der Waals surface area contributed by atoms with E-state index in [1.807, 2.05) is 6.07 Å². The molecular formula is C8H5Cl2NO2. The van der Waals surface area contributed by atoms with E-state index in [1.165, 1.54) is 0 Å². The van der Waals surface area contributed by atoms with Crippen LogP contribution in [0.5, 0.6) is 11.5 Å². The number of fused-ring (bicyclic) bond motifs is 1. The standard InChI is InChI=1S/C8H5Cl2NO2/c9-12-6-1-2-7(13-10)8-5(6)3-4-11-8/h1-4,11H. The van der Waals surface area contributed by atoms with Crippen LogP contribution in [0, 0.1) is 0 Å². The van der Waals surface area contributed by atoms with Crippen molar-refractivity contribution in [1.82, 2.24) is 4.98 Å². The minimum atomic E-state index is 0.541. The van der Waals surface area contributed by atoms with E-state index < -0.39 is 0 Å². The fourth-order valence-corrected chi connectivity index (χ4v) is 1.50. The molecule has 1 aromatic carbocycles. The molecule has 0 bridgehead atoms. The van der Waals surface area contributed by atoms with Gasteiger partial charge in [-0.15, -0.1) is 0 Å². The Bertz CT molecular complexity index is 389. The summed E-state index contributed by atoms with van der Waals surface area (Å²) in [5.74, 6) is 1.11. The molecule has 0 atom stereocenters. The zero-order valence-electron chi connectivity index (χ0n) is 6.38. The van der Waals surface area contributed by atoms with Gasteiger partial charge in [0.2, 0.25) is 0 Å². The summed E-state index contributed by atoms with van der Waals surface area (Å²) in [6.45, 7) is 0. The summed E-state index contributed by atoms with van der Waals surface area (Å²) in [5, 5.41) is 0.827. The smallest absolute Gasteiger partial charge is 0.170 e. The molecule has 1 aromatic heterocycles. The molecule has 0 saturated carbocycles. The first kappa shape index (κ1) is 8.53. The summed E-state index contributed by atoms with van der Waals surface area (Å²) >= 11 is 10.5. The van der Waals surface area contributed by atoms with E-state index in [0.717, 1.165) is 10.9 Å². The first-order valence-corrected chi connectivity index (χ1v) is 4.16. The molecule has 0 fully saturated rings. The second-order valence-electron chi connectivity index (χ2n) is 2.48. The predicted molar refractivity (Wildman–Crippen MR) is 51.3 cm³/mol. The average Bonchev–Trinajstić information content (AvgIpc) is 2.64. The van der Waals surface area contributed by atoms with Gasteiger partial charge in [-0.1, -0.05) is 0 Å². The van der Waals surface area contributed by atoms with Crippen molar-refractivity contribution in [2.75, 3.05) is 0 Å². The molecule has 2 aromatic rings. The van der Waals surface area contributed by atoms with Crippen molar-refractivity contribution < 1.29 is 8.58 Å². The molecule has 0 radical (unpaired) electrons. The number of hydrogen-bond donors (Lipinski definition) is 1. The Kier molecular flexibility index (Phi) is 2.20. The SMILES string of the molecule is ClOc1ccc(OCl)c2[nH]ccc12. The molecule has 13 heavy (non-hydrogen) atoms. The normalized spacial score (nSPS) is 10.3. The van der Waals surface area contributed by atoms with Crippen molar-refractivity contribution in [3.05, 3.63) is 24.4 Å². The van der Waals surface area contributed by atoms with Gasteiger partial charge >= 0.3 is 0 Å². The minimum absolute atomic E-state index is 0.541. The predicted octanol–water partition coefficient (Wildman–Crippen LogP) is 3.23. The van der Waals surface area contributed by atoms with Crippen LogP contribution in [-0.2, 0) is 0 Å². The molecule has 5 heteroatoms. The quantitative estimate of drug-likeness (QED) is 0.839. The maximum atomic E-state index is 5.27. The van der Waals surface area contributed by atoms with Crippen molar-refractivity contribution in [3.8, 4) is 11.5 Å². The van der Waals surface area contributed by atoms with Crippen LogP contribution in [0.4, 0.5) is 0 Å². The number of aromatic nitrogens is 1. The highest BCUT2D eigenvalue weighted by Crippen LogP contribution is 2.33. The lowest BCUT2D eigenvalue weighted by atomic mass is 10.2. The molecule has 1 N–H and O–H groups in total. The third-order valence-electron chi connectivity index (χ3n) is 1.81. The van der Waals surface area contributed by atoms with Gasteiger partial charge in [-0.05, 0) is 18.2 Å². The number of rotatable bonds is 2. The topological polar surface area (TPSA) is 34.2 Å². The average molecular weight is 218 g/mol. The van der Waals surface area contributed by atoms with E-state index in [-0.39, 0.29) is 0 Å². The summed E-state index contributed by atoms with van der Waals surface area (Å²) in [5.41, 5.74) is 0.758. The van der Waals surface area contributed by atoms with Gasteiger partial charge in [-0.3, -0.25) is 0 Å². The van der Waals surface area contributed by atoms with Gasteiger partial charge in [-0.2, -0.15) is 0 Å². The molecular weight excluding hydrogens is 213 g/mol. The van der Waals surface area contributed by atoms with Gasteiger partial charge in [-0.25, -0.2) is 0 Å². The molecule has 0 aliphatic carbocycles. The highest BCUT2D eigenvalue weighted by molar-refractivity contribution is 6.11. The van der Waals surface area contributed by atoms with Crippen LogP contribution in [0.15, 0.2) is 24.4 Å². The van der Waals surface area contributed by atoms with Gasteiger partial charge < -0.3 is 13.6 Å². The fourth-order valence-electron chi connectivity index (χ4n) is 1.23. The summed E-state index contributed by atoms with van der Waals surface area (Å²) in [6, 6.07) is 5.18. The molecule has 3 nitrogen and oxygen atoms in total. The first-order chi connectivity index (χ1) is 6.36. The molecule has 0 amide bonds. The molecule has 0 aliphatic rings. The minimum Gasteiger partial charge on any atom is -0.385 e. The van der Waals surface area contributed by atoms with Crippen molar-refractivity contribution in [2.24, 2.45) is 0 Å². The number of nitrogens with one attached hydrogen (secondary N) is 1. The zero-order valence-corrected chi connectivity index (χ0v) is 7.89. The van der Waals surface area contributed by atoms with Gasteiger partial charge in [0.25, 0.3) is 0 Å². The van der Waals surface area contributed by atoms with E-state index in [4.69, 9.17) is 23.7 Å². The molecule has 2 rings (SSSR count).